The van der Waals surface area contributed by atoms with Crippen LogP contribution in [0.5, 0.6) is 0 Å². The van der Waals surface area contributed by atoms with Crippen molar-refractivity contribution in [3.05, 3.63) is 59.7 Å². The average molecular weight is 321 g/mol. The molecule has 2 heterocycles. The molecule has 0 aliphatic carbocycles. The topological polar surface area (TPSA) is 28.2 Å². The normalized spacial score (nSPS) is 19.1. The van der Waals surface area contributed by atoms with Crippen molar-refractivity contribution >= 4 is 5.69 Å². The van der Waals surface area contributed by atoms with Crippen LogP contribution in [0.3, 0.4) is 0 Å². The van der Waals surface area contributed by atoms with Gasteiger partial charge in [-0.3, -0.25) is 4.98 Å². The Morgan fingerprint density at radius 3 is 2.74 bits per heavy atom. The van der Waals surface area contributed by atoms with Gasteiger partial charge in [0, 0.05) is 37.4 Å². The molecule has 2 unspecified atom stereocenters. The zero-order chi connectivity index (χ0) is 16.4. The highest BCUT2D eigenvalue weighted by Gasteiger charge is 2.26. The third-order valence-electron chi connectivity index (χ3n) is 4.15. The molecule has 1 saturated heterocycles. The Morgan fingerprint density at radius 1 is 1.17 bits per heavy atom. The van der Waals surface area contributed by atoms with Crippen LogP contribution in [0.2, 0.25) is 0 Å². The number of benzene rings is 1. The number of aromatic nitrogens is 1. The summed E-state index contributed by atoms with van der Waals surface area (Å²) in [7, 11) is 0. The van der Waals surface area contributed by atoms with Gasteiger partial charge in [0.15, 0.2) is 0 Å². The molecule has 1 fully saturated rings. The largest absolute Gasteiger partial charge is 0.368 e. The zero-order valence-electron chi connectivity index (χ0n) is 12.8. The maximum absolute atomic E-state index is 13.8. The van der Waals surface area contributed by atoms with Crippen molar-refractivity contribution in [3.63, 3.8) is 0 Å². The van der Waals surface area contributed by atoms with Crippen molar-refractivity contribution in [2.75, 3.05) is 18.0 Å². The summed E-state index contributed by atoms with van der Waals surface area (Å²) >= 11 is 0. The Hall–Kier alpha value is -2.08. The Morgan fingerprint density at radius 2 is 2.00 bits per heavy atom. The summed E-state index contributed by atoms with van der Waals surface area (Å²) < 4.78 is 40.1. The van der Waals surface area contributed by atoms with Crippen LogP contribution in [0.15, 0.2) is 36.7 Å². The lowest BCUT2D eigenvalue weighted by Gasteiger charge is -2.22. The molecule has 122 valence electrons. The van der Waals surface area contributed by atoms with E-state index in [1.807, 2.05) is 11.8 Å². The van der Waals surface area contributed by atoms with E-state index in [-0.39, 0.29) is 17.9 Å². The number of hydrogen-bond acceptors (Lipinski definition) is 3. The maximum Gasteiger partial charge on any atom is 0.149 e. The van der Waals surface area contributed by atoms with E-state index in [1.54, 1.807) is 6.20 Å². The first-order chi connectivity index (χ1) is 11.0. The van der Waals surface area contributed by atoms with Gasteiger partial charge < -0.3 is 10.2 Å². The van der Waals surface area contributed by atoms with Crippen LogP contribution in [0.4, 0.5) is 18.9 Å². The second-order valence-electron chi connectivity index (χ2n) is 5.85. The predicted molar refractivity (Wildman–Crippen MR) is 82.7 cm³/mol. The Bertz CT molecular complexity index is 693. The van der Waals surface area contributed by atoms with Gasteiger partial charge in [0.05, 0.1) is 11.9 Å². The molecule has 3 nitrogen and oxygen atoms in total. The molecule has 1 aromatic heterocycles. The molecule has 2 atom stereocenters. The monoisotopic (exact) mass is 321 g/mol. The minimum Gasteiger partial charge on any atom is -0.368 e. The quantitative estimate of drug-likeness (QED) is 0.935. The predicted octanol–water partition coefficient (Wildman–Crippen LogP) is 3.43. The summed E-state index contributed by atoms with van der Waals surface area (Å²) in [5, 5.41) is 3.41. The molecule has 0 radical (unpaired) electrons. The lowest BCUT2D eigenvalue weighted by molar-refractivity contribution is 0.477. The van der Waals surface area contributed by atoms with Crippen molar-refractivity contribution in [1.29, 1.82) is 0 Å². The van der Waals surface area contributed by atoms with Crippen LogP contribution in [-0.4, -0.2) is 24.1 Å². The lowest BCUT2D eigenvalue weighted by atomic mass is 10.1. The molecule has 0 amide bonds. The summed E-state index contributed by atoms with van der Waals surface area (Å²) in [6.07, 6.45) is 3.64. The van der Waals surface area contributed by atoms with E-state index in [9.17, 15) is 13.2 Å². The average Bonchev–Trinajstić information content (AvgIpc) is 2.95. The van der Waals surface area contributed by atoms with Crippen LogP contribution in [0.1, 0.15) is 24.9 Å². The molecule has 23 heavy (non-hydrogen) atoms. The maximum atomic E-state index is 13.8. The van der Waals surface area contributed by atoms with Gasteiger partial charge in [-0.05, 0) is 37.1 Å². The summed E-state index contributed by atoms with van der Waals surface area (Å²) in [6, 6.07) is 5.18. The van der Waals surface area contributed by atoms with E-state index in [4.69, 9.17) is 0 Å². The zero-order valence-corrected chi connectivity index (χ0v) is 12.8. The van der Waals surface area contributed by atoms with E-state index >= 15 is 0 Å². The van der Waals surface area contributed by atoms with Gasteiger partial charge in [0.25, 0.3) is 0 Å². The van der Waals surface area contributed by atoms with Crippen LogP contribution < -0.4 is 10.2 Å². The molecule has 1 aliphatic heterocycles. The second-order valence-corrected chi connectivity index (χ2v) is 5.85. The van der Waals surface area contributed by atoms with Crippen molar-refractivity contribution in [2.45, 2.75) is 25.4 Å². The molecule has 0 spiro atoms. The van der Waals surface area contributed by atoms with Crippen LogP contribution >= 0.6 is 0 Å². The Kier molecular flexibility index (Phi) is 4.52. The van der Waals surface area contributed by atoms with Crippen molar-refractivity contribution in [2.24, 2.45) is 0 Å². The van der Waals surface area contributed by atoms with E-state index in [0.29, 0.717) is 18.8 Å². The molecule has 1 aromatic carbocycles. The van der Waals surface area contributed by atoms with Gasteiger partial charge in [0.1, 0.15) is 17.5 Å². The molecule has 6 heteroatoms. The van der Waals surface area contributed by atoms with Crippen molar-refractivity contribution < 1.29 is 13.2 Å². The molecule has 2 aromatic rings. The van der Waals surface area contributed by atoms with E-state index in [2.05, 4.69) is 10.3 Å². The highest BCUT2D eigenvalue weighted by Crippen LogP contribution is 2.25. The first-order valence-corrected chi connectivity index (χ1v) is 7.59. The van der Waals surface area contributed by atoms with Crippen LogP contribution in [-0.2, 0) is 0 Å². The molecule has 3 rings (SSSR count). The van der Waals surface area contributed by atoms with Crippen molar-refractivity contribution in [1.82, 2.24) is 10.3 Å². The highest BCUT2D eigenvalue weighted by atomic mass is 19.1. The van der Waals surface area contributed by atoms with E-state index in [0.717, 1.165) is 18.1 Å². The van der Waals surface area contributed by atoms with Gasteiger partial charge in [0.2, 0.25) is 0 Å². The minimum atomic E-state index is -0.577. The summed E-state index contributed by atoms with van der Waals surface area (Å²) in [4.78, 5) is 5.74. The molecule has 1 aliphatic rings. The van der Waals surface area contributed by atoms with Crippen molar-refractivity contribution in [3.8, 4) is 0 Å². The molecular weight excluding hydrogens is 303 g/mol. The van der Waals surface area contributed by atoms with Crippen LogP contribution in [0, 0.1) is 17.5 Å². The number of halogens is 3. The van der Waals surface area contributed by atoms with E-state index in [1.165, 1.54) is 24.4 Å². The van der Waals surface area contributed by atoms with Gasteiger partial charge in [-0.2, -0.15) is 0 Å². The third-order valence-corrected chi connectivity index (χ3v) is 4.15. The fraction of sp³-hybridized carbons (Fsp3) is 0.353. The third kappa shape index (κ3) is 3.64. The van der Waals surface area contributed by atoms with E-state index < -0.39 is 11.6 Å². The Labute approximate surface area is 133 Å². The number of pyridine rings is 1. The Balaban J connectivity index is 1.63. The van der Waals surface area contributed by atoms with Gasteiger partial charge >= 0.3 is 0 Å². The summed E-state index contributed by atoms with van der Waals surface area (Å²) in [5.41, 5.74) is 1.19. The highest BCUT2D eigenvalue weighted by molar-refractivity contribution is 5.49. The standard InChI is InChI=1S/C17H18F3N3/c1-11(12-6-14(19)9-21-8-12)22-15-4-5-23(10-15)17-3-2-13(18)7-16(17)20/h2-3,6-9,11,15,22H,4-5,10H2,1H3. The summed E-state index contributed by atoms with van der Waals surface area (Å²) in [5.74, 6) is -1.49. The van der Waals surface area contributed by atoms with Gasteiger partial charge in [-0.25, -0.2) is 13.2 Å². The first kappa shape index (κ1) is 15.8. The number of hydrogen-bond donors (Lipinski definition) is 1. The second kappa shape index (κ2) is 6.58. The van der Waals surface area contributed by atoms with Gasteiger partial charge in [-0.1, -0.05) is 0 Å². The number of nitrogens with zero attached hydrogens (tertiary/aromatic N) is 2. The number of nitrogens with one attached hydrogen (secondary N) is 1. The molecular formula is C17H18F3N3. The molecule has 0 saturated carbocycles. The first-order valence-electron chi connectivity index (χ1n) is 7.59. The lowest BCUT2D eigenvalue weighted by Crippen LogP contribution is -2.34. The molecule has 1 N–H and O–H groups in total. The summed E-state index contributed by atoms with van der Waals surface area (Å²) in [6.45, 7) is 3.25. The fourth-order valence-corrected chi connectivity index (χ4v) is 2.97. The SMILES string of the molecule is CC(NC1CCN(c2ccc(F)cc2F)C1)c1cncc(F)c1. The minimum absolute atomic E-state index is 0.0544. The number of rotatable bonds is 4. The fourth-order valence-electron chi connectivity index (χ4n) is 2.97. The van der Waals surface area contributed by atoms with Gasteiger partial charge in [-0.15, -0.1) is 0 Å². The smallest absolute Gasteiger partial charge is 0.149 e. The van der Waals surface area contributed by atoms with Crippen LogP contribution in [0.25, 0.3) is 0 Å². The number of anilines is 1. The molecule has 0 bridgehead atoms.